The fourth-order valence-corrected chi connectivity index (χ4v) is 3.84. The lowest BCUT2D eigenvalue weighted by atomic mass is 10.3. The summed E-state index contributed by atoms with van der Waals surface area (Å²) < 4.78 is 7.35. The van der Waals surface area contributed by atoms with Crippen molar-refractivity contribution in [1.82, 2.24) is 25.0 Å². The average molecular weight is 378 g/mol. The molecular weight excluding hydrogens is 360 g/mol. The number of hydrogen-bond acceptors (Lipinski definition) is 8. The van der Waals surface area contributed by atoms with E-state index < -0.39 is 0 Å². The smallest absolute Gasteiger partial charge is 0.239 e. The number of rotatable bonds is 7. The first-order chi connectivity index (χ1) is 12.1. The van der Waals surface area contributed by atoms with Gasteiger partial charge in [0.25, 0.3) is 0 Å². The highest BCUT2D eigenvalue weighted by Crippen LogP contribution is 2.29. The van der Waals surface area contributed by atoms with E-state index in [4.69, 9.17) is 4.42 Å². The summed E-state index contributed by atoms with van der Waals surface area (Å²) >= 11 is 2.74. The number of furan rings is 1. The van der Waals surface area contributed by atoms with Gasteiger partial charge in [0.1, 0.15) is 5.01 Å². The highest BCUT2D eigenvalue weighted by atomic mass is 32.2. The van der Waals surface area contributed by atoms with Crippen molar-refractivity contribution in [1.29, 1.82) is 0 Å². The van der Waals surface area contributed by atoms with E-state index in [-0.39, 0.29) is 11.2 Å². The van der Waals surface area contributed by atoms with Gasteiger partial charge < -0.3 is 4.42 Å². The number of carbonyl (C=O) groups is 1. The molecule has 3 aromatic heterocycles. The van der Waals surface area contributed by atoms with Gasteiger partial charge in [-0.25, -0.2) is 0 Å². The van der Waals surface area contributed by atoms with Crippen LogP contribution in [0, 0.1) is 6.92 Å². The second-order valence-corrected chi connectivity index (χ2v) is 7.51. The molecule has 3 rings (SSSR count). The van der Waals surface area contributed by atoms with Gasteiger partial charge in [-0.05, 0) is 32.4 Å². The Hall–Kier alpha value is -2.20. The predicted molar refractivity (Wildman–Crippen MR) is 96.6 cm³/mol. The van der Waals surface area contributed by atoms with E-state index in [1.807, 2.05) is 37.5 Å². The molecule has 1 N–H and O–H groups in total. The zero-order chi connectivity index (χ0) is 17.8. The van der Waals surface area contributed by atoms with Gasteiger partial charge in [0.05, 0.1) is 11.5 Å². The maximum atomic E-state index is 12.5. The van der Waals surface area contributed by atoms with Crippen molar-refractivity contribution in [2.45, 2.75) is 44.1 Å². The first-order valence-corrected chi connectivity index (χ1v) is 9.56. The predicted octanol–water partition coefficient (Wildman–Crippen LogP) is 3.23. The topological polar surface area (TPSA) is 98.7 Å². The number of hydrogen-bond donors (Lipinski definition) is 1. The minimum absolute atomic E-state index is 0.117. The molecule has 132 valence electrons. The summed E-state index contributed by atoms with van der Waals surface area (Å²) in [4.78, 5) is 12.5. The Morgan fingerprint density at radius 1 is 1.36 bits per heavy atom. The van der Waals surface area contributed by atoms with Gasteiger partial charge >= 0.3 is 0 Å². The molecule has 0 fully saturated rings. The highest BCUT2D eigenvalue weighted by molar-refractivity contribution is 8.00. The molecule has 0 bridgehead atoms. The molecule has 3 heterocycles. The quantitative estimate of drug-likeness (QED) is 0.630. The number of nitrogens with zero attached hydrogens (tertiary/aromatic N) is 5. The van der Waals surface area contributed by atoms with Gasteiger partial charge in [-0.15, -0.1) is 20.4 Å². The van der Waals surface area contributed by atoms with Crippen LogP contribution in [-0.4, -0.2) is 36.1 Å². The summed E-state index contributed by atoms with van der Waals surface area (Å²) in [6, 6.07) is 3.65. The van der Waals surface area contributed by atoms with Crippen molar-refractivity contribution in [2.75, 3.05) is 5.32 Å². The molecule has 0 spiro atoms. The third kappa shape index (κ3) is 3.90. The second kappa shape index (κ2) is 7.79. The molecule has 25 heavy (non-hydrogen) atoms. The molecule has 0 aliphatic heterocycles. The van der Waals surface area contributed by atoms with Crippen LogP contribution in [0.15, 0.2) is 28.0 Å². The lowest BCUT2D eigenvalue weighted by Gasteiger charge is -2.13. The normalized spacial score (nSPS) is 12.3. The molecule has 1 unspecified atom stereocenters. The molecule has 0 aromatic carbocycles. The largest absolute Gasteiger partial charge is 0.461 e. The summed E-state index contributed by atoms with van der Waals surface area (Å²) in [6.07, 6.45) is 2.25. The number of aromatic nitrogens is 5. The first-order valence-electron chi connectivity index (χ1n) is 7.87. The average Bonchev–Trinajstić information content (AvgIpc) is 3.32. The SMILES string of the molecule is CCC(Sc1nnc(-c2ccco2)n1CC)C(=O)Nc1nnc(C)s1. The Morgan fingerprint density at radius 3 is 2.80 bits per heavy atom. The maximum Gasteiger partial charge on any atom is 0.239 e. The summed E-state index contributed by atoms with van der Waals surface area (Å²) in [6.45, 7) is 6.49. The summed E-state index contributed by atoms with van der Waals surface area (Å²) in [7, 11) is 0. The molecule has 1 atom stereocenters. The summed E-state index contributed by atoms with van der Waals surface area (Å²) in [5, 5.41) is 20.8. The highest BCUT2D eigenvalue weighted by Gasteiger charge is 2.24. The van der Waals surface area contributed by atoms with Crippen LogP contribution in [0.5, 0.6) is 0 Å². The van der Waals surface area contributed by atoms with E-state index >= 15 is 0 Å². The second-order valence-electron chi connectivity index (χ2n) is 5.16. The monoisotopic (exact) mass is 378 g/mol. The third-order valence-corrected chi connectivity index (χ3v) is 5.54. The first kappa shape index (κ1) is 17.6. The molecule has 10 heteroatoms. The van der Waals surface area contributed by atoms with Gasteiger partial charge in [-0.2, -0.15) is 0 Å². The van der Waals surface area contributed by atoms with Crippen LogP contribution < -0.4 is 5.32 Å². The number of anilines is 1. The van der Waals surface area contributed by atoms with E-state index in [0.717, 1.165) is 5.01 Å². The van der Waals surface area contributed by atoms with Crippen molar-refractivity contribution >= 4 is 34.1 Å². The lowest BCUT2D eigenvalue weighted by Crippen LogP contribution is -2.25. The molecule has 8 nitrogen and oxygen atoms in total. The third-order valence-electron chi connectivity index (χ3n) is 3.44. The van der Waals surface area contributed by atoms with E-state index in [1.54, 1.807) is 6.26 Å². The zero-order valence-electron chi connectivity index (χ0n) is 14.1. The molecular formula is C15H18N6O2S2. The van der Waals surface area contributed by atoms with Crippen LogP contribution in [0.25, 0.3) is 11.6 Å². The minimum Gasteiger partial charge on any atom is -0.461 e. The molecule has 0 saturated heterocycles. The maximum absolute atomic E-state index is 12.5. The Kier molecular flexibility index (Phi) is 5.49. The molecule has 1 amide bonds. The van der Waals surface area contributed by atoms with Crippen LogP contribution in [-0.2, 0) is 11.3 Å². The van der Waals surface area contributed by atoms with Crippen LogP contribution in [0.2, 0.25) is 0 Å². The molecule has 0 saturated carbocycles. The number of amides is 1. The Bertz CT molecular complexity index is 842. The van der Waals surface area contributed by atoms with Crippen LogP contribution >= 0.6 is 23.1 Å². The van der Waals surface area contributed by atoms with Crippen molar-refractivity contribution in [2.24, 2.45) is 0 Å². The number of carbonyl (C=O) groups excluding carboxylic acids is 1. The van der Waals surface area contributed by atoms with Crippen LogP contribution in [0.3, 0.4) is 0 Å². The van der Waals surface area contributed by atoms with Crippen LogP contribution in [0.4, 0.5) is 5.13 Å². The van der Waals surface area contributed by atoms with E-state index in [0.29, 0.717) is 34.8 Å². The van der Waals surface area contributed by atoms with Gasteiger partial charge in [0.15, 0.2) is 16.7 Å². The Morgan fingerprint density at radius 2 is 2.20 bits per heavy atom. The fraction of sp³-hybridized carbons (Fsp3) is 0.400. The lowest BCUT2D eigenvalue weighted by molar-refractivity contribution is -0.115. The van der Waals surface area contributed by atoms with Gasteiger partial charge in [0, 0.05) is 6.54 Å². The van der Waals surface area contributed by atoms with Crippen molar-refractivity contribution in [3.05, 3.63) is 23.4 Å². The van der Waals surface area contributed by atoms with Gasteiger partial charge in [0.2, 0.25) is 11.0 Å². The van der Waals surface area contributed by atoms with Crippen molar-refractivity contribution in [3.63, 3.8) is 0 Å². The number of aryl methyl sites for hydroxylation is 1. The summed E-state index contributed by atoms with van der Waals surface area (Å²) in [5.74, 6) is 1.20. The van der Waals surface area contributed by atoms with E-state index in [2.05, 4.69) is 25.7 Å². The van der Waals surface area contributed by atoms with Gasteiger partial charge in [-0.1, -0.05) is 30.0 Å². The Balaban J connectivity index is 1.76. The molecule has 3 aromatic rings. The number of thioether (sulfide) groups is 1. The van der Waals surface area contributed by atoms with Crippen LogP contribution in [0.1, 0.15) is 25.3 Å². The summed E-state index contributed by atoms with van der Waals surface area (Å²) in [5.41, 5.74) is 0. The van der Waals surface area contributed by atoms with Crippen molar-refractivity contribution < 1.29 is 9.21 Å². The van der Waals surface area contributed by atoms with E-state index in [9.17, 15) is 4.79 Å². The van der Waals surface area contributed by atoms with E-state index in [1.165, 1.54) is 23.1 Å². The standard InChI is InChI=1S/C15H18N6O2S2/c1-4-11(13(22)16-14-19-17-9(3)24-14)25-15-20-18-12(21(15)5-2)10-7-6-8-23-10/h6-8,11H,4-5H2,1-3H3,(H,16,19,22). The molecule has 0 radical (unpaired) electrons. The molecule has 0 aliphatic carbocycles. The fourth-order valence-electron chi connectivity index (χ4n) is 2.23. The zero-order valence-corrected chi connectivity index (χ0v) is 15.7. The molecule has 0 aliphatic rings. The number of nitrogens with one attached hydrogen (secondary N) is 1. The van der Waals surface area contributed by atoms with Gasteiger partial charge in [-0.3, -0.25) is 14.7 Å². The Labute approximate surface area is 153 Å². The van der Waals surface area contributed by atoms with Crippen molar-refractivity contribution in [3.8, 4) is 11.6 Å². The minimum atomic E-state index is -0.303.